The summed E-state index contributed by atoms with van der Waals surface area (Å²) >= 11 is 0. The van der Waals surface area contributed by atoms with Crippen LogP contribution in [-0.4, -0.2) is 30.1 Å². The summed E-state index contributed by atoms with van der Waals surface area (Å²) in [6.45, 7) is 0.136. The molecule has 30 heavy (non-hydrogen) atoms. The largest absolute Gasteiger partial charge is 0.496 e. The van der Waals surface area contributed by atoms with Gasteiger partial charge in [0.25, 0.3) is 11.8 Å². The molecule has 0 aliphatic heterocycles. The molecule has 2 amide bonds. The molecule has 1 aliphatic carbocycles. The lowest BCUT2D eigenvalue weighted by molar-refractivity contribution is 0.0940. The molecule has 8 heteroatoms. The Balaban J connectivity index is 1.31. The predicted molar refractivity (Wildman–Crippen MR) is 109 cm³/mol. The van der Waals surface area contributed by atoms with Crippen molar-refractivity contribution >= 4 is 17.5 Å². The van der Waals surface area contributed by atoms with Gasteiger partial charge in [-0.25, -0.2) is 0 Å². The van der Waals surface area contributed by atoms with Crippen LogP contribution in [-0.2, 0) is 6.61 Å². The molecule has 0 saturated heterocycles. The molecule has 1 heterocycles. The minimum Gasteiger partial charge on any atom is -0.496 e. The lowest BCUT2D eigenvalue weighted by Gasteiger charge is -2.10. The molecule has 0 atom stereocenters. The summed E-state index contributed by atoms with van der Waals surface area (Å²) in [5, 5.41) is 9.45. The Hall–Kier alpha value is -3.81. The number of hydrogen-bond donors (Lipinski definition) is 2. The Labute approximate surface area is 173 Å². The minimum atomic E-state index is -0.264. The van der Waals surface area contributed by atoms with E-state index in [1.807, 2.05) is 0 Å². The van der Waals surface area contributed by atoms with Crippen LogP contribution in [0.5, 0.6) is 11.5 Å². The molecule has 4 rings (SSSR count). The van der Waals surface area contributed by atoms with Crippen molar-refractivity contribution in [2.45, 2.75) is 25.5 Å². The van der Waals surface area contributed by atoms with Crippen LogP contribution in [0.1, 0.15) is 39.4 Å². The van der Waals surface area contributed by atoms with Crippen LogP contribution >= 0.6 is 0 Å². The molecule has 2 aromatic carbocycles. The van der Waals surface area contributed by atoms with Gasteiger partial charge in [0.2, 0.25) is 0 Å². The van der Waals surface area contributed by atoms with E-state index in [1.54, 1.807) is 54.6 Å². The summed E-state index contributed by atoms with van der Waals surface area (Å²) in [4.78, 5) is 24.4. The third kappa shape index (κ3) is 4.78. The molecule has 2 N–H and O–H groups in total. The van der Waals surface area contributed by atoms with E-state index in [9.17, 15) is 9.59 Å². The zero-order valence-corrected chi connectivity index (χ0v) is 16.4. The van der Waals surface area contributed by atoms with Crippen molar-refractivity contribution in [1.29, 1.82) is 0 Å². The van der Waals surface area contributed by atoms with Gasteiger partial charge in [-0.1, -0.05) is 17.3 Å². The number of rotatable bonds is 8. The quantitative estimate of drug-likeness (QED) is 0.593. The number of ether oxygens (including phenoxy) is 2. The number of para-hydroxylation sites is 1. The van der Waals surface area contributed by atoms with Crippen LogP contribution in [0, 0.1) is 0 Å². The zero-order valence-electron chi connectivity index (χ0n) is 16.4. The van der Waals surface area contributed by atoms with Crippen molar-refractivity contribution in [3.63, 3.8) is 0 Å². The van der Waals surface area contributed by atoms with Crippen molar-refractivity contribution in [2.24, 2.45) is 0 Å². The smallest absolute Gasteiger partial charge is 0.273 e. The first-order valence-corrected chi connectivity index (χ1v) is 9.56. The summed E-state index contributed by atoms with van der Waals surface area (Å²) in [5.74, 6) is 1.05. The molecule has 1 aliphatic rings. The van der Waals surface area contributed by atoms with Crippen molar-refractivity contribution in [3.8, 4) is 11.5 Å². The number of nitrogens with one attached hydrogen (secondary N) is 2. The van der Waals surface area contributed by atoms with Crippen molar-refractivity contribution in [2.75, 3.05) is 12.4 Å². The second-order valence-corrected chi connectivity index (χ2v) is 6.89. The first-order chi connectivity index (χ1) is 14.6. The van der Waals surface area contributed by atoms with E-state index >= 15 is 0 Å². The van der Waals surface area contributed by atoms with Gasteiger partial charge in [-0.3, -0.25) is 9.59 Å². The Morgan fingerprint density at radius 1 is 1.10 bits per heavy atom. The molecule has 8 nitrogen and oxygen atoms in total. The van der Waals surface area contributed by atoms with E-state index in [4.69, 9.17) is 14.0 Å². The lowest BCUT2D eigenvalue weighted by atomic mass is 10.2. The van der Waals surface area contributed by atoms with Crippen LogP contribution < -0.4 is 20.1 Å². The van der Waals surface area contributed by atoms with Gasteiger partial charge in [0.15, 0.2) is 11.5 Å². The number of amides is 2. The number of hydrogen-bond acceptors (Lipinski definition) is 6. The number of benzene rings is 2. The molecule has 1 fully saturated rings. The molecule has 0 radical (unpaired) electrons. The normalized spacial score (nSPS) is 12.8. The fourth-order valence-electron chi connectivity index (χ4n) is 2.79. The van der Waals surface area contributed by atoms with Crippen LogP contribution in [0.4, 0.5) is 5.69 Å². The Kier molecular flexibility index (Phi) is 5.65. The average molecular weight is 407 g/mol. The average Bonchev–Trinajstić information content (AvgIpc) is 3.46. The molecule has 3 aromatic rings. The molecule has 0 spiro atoms. The second kappa shape index (κ2) is 8.69. The van der Waals surface area contributed by atoms with E-state index in [0.29, 0.717) is 28.5 Å². The van der Waals surface area contributed by atoms with Crippen LogP contribution in [0.25, 0.3) is 0 Å². The standard InChI is InChI=1S/C22H21N3O5/c1-28-20-5-3-2-4-18(20)21(26)23-15-8-10-16(11-9-15)29-13-17-12-19(25-30-17)22(27)24-14-6-7-14/h2-5,8-12,14H,6-7,13H2,1H3,(H,23,26)(H,24,27). The number of aromatic nitrogens is 1. The van der Waals surface area contributed by atoms with Crippen LogP contribution in [0.15, 0.2) is 59.1 Å². The van der Waals surface area contributed by atoms with Crippen LogP contribution in [0.3, 0.4) is 0 Å². The second-order valence-electron chi connectivity index (χ2n) is 6.89. The maximum atomic E-state index is 12.4. The number of carbonyl (C=O) groups excluding carboxylic acids is 2. The monoisotopic (exact) mass is 407 g/mol. The fraction of sp³-hybridized carbons (Fsp3) is 0.227. The molecule has 0 unspecified atom stereocenters. The summed E-state index contributed by atoms with van der Waals surface area (Å²) in [7, 11) is 1.52. The van der Waals surface area contributed by atoms with E-state index < -0.39 is 0 Å². The highest BCUT2D eigenvalue weighted by Gasteiger charge is 2.25. The first-order valence-electron chi connectivity index (χ1n) is 9.56. The Morgan fingerprint density at radius 2 is 1.87 bits per heavy atom. The first kappa shape index (κ1) is 19.5. The highest BCUT2D eigenvalue weighted by molar-refractivity contribution is 6.06. The molecular formula is C22H21N3O5. The van der Waals surface area contributed by atoms with Gasteiger partial charge < -0.3 is 24.6 Å². The van der Waals surface area contributed by atoms with Gasteiger partial charge >= 0.3 is 0 Å². The molecule has 1 saturated carbocycles. The highest BCUT2D eigenvalue weighted by Crippen LogP contribution is 2.22. The van der Waals surface area contributed by atoms with Gasteiger partial charge in [0.05, 0.1) is 12.7 Å². The third-order valence-electron chi connectivity index (χ3n) is 4.55. The maximum absolute atomic E-state index is 12.4. The summed E-state index contributed by atoms with van der Waals surface area (Å²) in [5.41, 5.74) is 1.32. The molecular weight excluding hydrogens is 386 g/mol. The number of methoxy groups -OCH3 is 1. The topological polar surface area (TPSA) is 103 Å². The van der Waals surface area contributed by atoms with E-state index in [-0.39, 0.29) is 30.2 Å². The third-order valence-corrected chi connectivity index (χ3v) is 4.55. The van der Waals surface area contributed by atoms with E-state index in [0.717, 1.165) is 12.8 Å². The van der Waals surface area contributed by atoms with Gasteiger partial charge in [0, 0.05) is 17.8 Å². The summed E-state index contributed by atoms with van der Waals surface area (Å²) < 4.78 is 16.0. The molecule has 0 bridgehead atoms. The molecule has 154 valence electrons. The lowest BCUT2D eigenvalue weighted by Crippen LogP contribution is -2.25. The van der Waals surface area contributed by atoms with E-state index in [1.165, 1.54) is 7.11 Å². The number of anilines is 1. The highest BCUT2D eigenvalue weighted by atomic mass is 16.5. The van der Waals surface area contributed by atoms with Crippen LogP contribution in [0.2, 0.25) is 0 Å². The summed E-state index contributed by atoms with van der Waals surface area (Å²) in [6.07, 6.45) is 2.02. The van der Waals surface area contributed by atoms with Gasteiger partial charge in [-0.2, -0.15) is 0 Å². The van der Waals surface area contributed by atoms with Gasteiger partial charge in [-0.05, 0) is 49.2 Å². The maximum Gasteiger partial charge on any atom is 0.273 e. The Morgan fingerprint density at radius 3 is 2.60 bits per heavy atom. The zero-order chi connectivity index (χ0) is 20.9. The molecule has 1 aromatic heterocycles. The van der Waals surface area contributed by atoms with Gasteiger partial charge in [0.1, 0.15) is 18.1 Å². The fourth-order valence-corrected chi connectivity index (χ4v) is 2.79. The summed E-state index contributed by atoms with van der Waals surface area (Å²) in [6, 6.07) is 15.8. The number of nitrogens with zero attached hydrogens (tertiary/aromatic N) is 1. The number of carbonyl (C=O) groups is 2. The van der Waals surface area contributed by atoms with Crippen molar-refractivity contribution < 1.29 is 23.6 Å². The minimum absolute atomic E-state index is 0.136. The van der Waals surface area contributed by atoms with E-state index in [2.05, 4.69) is 15.8 Å². The predicted octanol–water partition coefficient (Wildman–Crippen LogP) is 3.41. The van der Waals surface area contributed by atoms with Crippen molar-refractivity contribution in [3.05, 3.63) is 71.6 Å². The Bertz CT molecular complexity index is 1040. The van der Waals surface area contributed by atoms with Gasteiger partial charge in [-0.15, -0.1) is 0 Å². The SMILES string of the molecule is COc1ccccc1C(=O)Nc1ccc(OCc2cc(C(=O)NC3CC3)no2)cc1. The van der Waals surface area contributed by atoms with Crippen molar-refractivity contribution in [1.82, 2.24) is 10.5 Å².